The van der Waals surface area contributed by atoms with Crippen molar-refractivity contribution in [3.8, 4) is 0 Å². The fourth-order valence-corrected chi connectivity index (χ4v) is 9.37. The minimum absolute atomic E-state index is 0.811. The van der Waals surface area contributed by atoms with E-state index in [4.69, 9.17) is 0 Å². The van der Waals surface area contributed by atoms with E-state index >= 15 is 0 Å². The van der Waals surface area contributed by atoms with Crippen LogP contribution in [0.4, 0.5) is 0 Å². The molecule has 2 aliphatic carbocycles. The zero-order chi connectivity index (χ0) is 9.38. The Morgan fingerprint density at radius 1 is 0.500 bits per heavy atom. The quantitative estimate of drug-likeness (QED) is 0.603. The Bertz CT molecular complexity index is 252. The standard InChI is InChI=1S/C12H16Se2/c1-2-6-10-9(5-1)13-11-7-3-4-8-12(11)14-10/h1-8H2. The molecule has 0 N–H and O–H groups in total. The molecule has 0 nitrogen and oxygen atoms in total. The molecule has 0 amide bonds. The molecule has 0 aromatic carbocycles. The maximum atomic E-state index is 1.93. The third kappa shape index (κ3) is 1.78. The topological polar surface area (TPSA) is 0 Å². The first-order valence-electron chi connectivity index (χ1n) is 5.73. The third-order valence-electron chi connectivity index (χ3n) is 3.23. The average molecular weight is 318 g/mol. The van der Waals surface area contributed by atoms with Crippen molar-refractivity contribution in [2.45, 2.75) is 51.4 Å². The van der Waals surface area contributed by atoms with Crippen molar-refractivity contribution >= 4 is 29.9 Å². The Morgan fingerprint density at radius 2 is 0.786 bits per heavy atom. The number of allylic oxidation sites excluding steroid dienone is 4. The van der Waals surface area contributed by atoms with Gasteiger partial charge in [0.15, 0.2) is 0 Å². The second-order valence-electron chi connectivity index (χ2n) is 4.31. The van der Waals surface area contributed by atoms with Crippen molar-refractivity contribution in [1.29, 1.82) is 0 Å². The van der Waals surface area contributed by atoms with Crippen LogP contribution in [-0.4, -0.2) is 29.9 Å². The summed E-state index contributed by atoms with van der Waals surface area (Å²) in [5.41, 5.74) is 0. The van der Waals surface area contributed by atoms with Crippen LogP contribution in [0.5, 0.6) is 0 Å². The van der Waals surface area contributed by atoms with Gasteiger partial charge in [-0.25, -0.2) is 0 Å². The van der Waals surface area contributed by atoms with Crippen molar-refractivity contribution in [2.75, 3.05) is 0 Å². The van der Waals surface area contributed by atoms with Gasteiger partial charge in [-0.2, -0.15) is 0 Å². The van der Waals surface area contributed by atoms with Gasteiger partial charge in [0.05, 0.1) is 0 Å². The molecule has 2 heteroatoms. The predicted molar refractivity (Wildman–Crippen MR) is 62.5 cm³/mol. The van der Waals surface area contributed by atoms with Crippen molar-refractivity contribution in [3.05, 3.63) is 17.9 Å². The van der Waals surface area contributed by atoms with Crippen molar-refractivity contribution in [1.82, 2.24) is 0 Å². The molecule has 0 spiro atoms. The molecule has 3 aliphatic rings. The first-order valence-corrected chi connectivity index (χ1v) is 9.16. The van der Waals surface area contributed by atoms with Crippen LogP contribution in [0.3, 0.4) is 0 Å². The van der Waals surface area contributed by atoms with Gasteiger partial charge >= 0.3 is 99.2 Å². The molecule has 0 fully saturated rings. The van der Waals surface area contributed by atoms with Gasteiger partial charge < -0.3 is 0 Å². The Hall–Kier alpha value is 0.519. The first kappa shape index (κ1) is 9.72. The molecule has 14 heavy (non-hydrogen) atoms. The molecular weight excluding hydrogens is 302 g/mol. The number of rotatable bonds is 0. The van der Waals surface area contributed by atoms with E-state index in [2.05, 4.69) is 0 Å². The van der Waals surface area contributed by atoms with E-state index in [0.29, 0.717) is 0 Å². The van der Waals surface area contributed by atoms with E-state index in [0.717, 1.165) is 29.9 Å². The Balaban J connectivity index is 1.84. The molecule has 1 heterocycles. The fraction of sp³-hybridized carbons (Fsp3) is 0.667. The van der Waals surface area contributed by atoms with Gasteiger partial charge in [0.1, 0.15) is 0 Å². The molecule has 0 aromatic rings. The maximum absolute atomic E-state index is 1.93. The molecule has 0 saturated carbocycles. The average Bonchev–Trinajstić information content (AvgIpc) is 2.26. The molecule has 0 aromatic heterocycles. The second-order valence-corrected chi connectivity index (χ2v) is 9.30. The summed E-state index contributed by atoms with van der Waals surface area (Å²) in [5, 5.41) is 0. The van der Waals surface area contributed by atoms with Crippen LogP contribution in [0.1, 0.15) is 51.4 Å². The summed E-state index contributed by atoms with van der Waals surface area (Å²) in [5.74, 6) is 0. The van der Waals surface area contributed by atoms with Crippen LogP contribution in [0.2, 0.25) is 0 Å². The van der Waals surface area contributed by atoms with E-state index in [1.165, 1.54) is 51.4 Å². The van der Waals surface area contributed by atoms with E-state index in [-0.39, 0.29) is 0 Å². The van der Waals surface area contributed by atoms with Crippen LogP contribution in [0.25, 0.3) is 0 Å². The van der Waals surface area contributed by atoms with Gasteiger partial charge in [0, 0.05) is 0 Å². The SMILES string of the molecule is C1CCC2=C(C1)[Se]C1=C(CCCC1)[Se]2. The summed E-state index contributed by atoms with van der Waals surface area (Å²) in [6.07, 6.45) is 11.8. The fourth-order valence-electron chi connectivity index (χ4n) is 2.43. The van der Waals surface area contributed by atoms with Gasteiger partial charge in [-0.05, 0) is 0 Å². The van der Waals surface area contributed by atoms with E-state index in [9.17, 15) is 0 Å². The van der Waals surface area contributed by atoms with E-state index < -0.39 is 0 Å². The molecule has 76 valence electrons. The zero-order valence-electron chi connectivity index (χ0n) is 8.47. The molecule has 0 unspecified atom stereocenters. The molecule has 0 bridgehead atoms. The monoisotopic (exact) mass is 320 g/mol. The zero-order valence-corrected chi connectivity index (χ0v) is 11.9. The molecule has 0 saturated heterocycles. The molecular formula is C12H16Se2. The van der Waals surface area contributed by atoms with Gasteiger partial charge in [-0.1, -0.05) is 0 Å². The van der Waals surface area contributed by atoms with Crippen molar-refractivity contribution in [2.24, 2.45) is 0 Å². The van der Waals surface area contributed by atoms with Crippen LogP contribution in [0, 0.1) is 0 Å². The summed E-state index contributed by atoms with van der Waals surface area (Å²) in [6.45, 7) is 0. The molecule has 1 aliphatic heterocycles. The molecule has 0 radical (unpaired) electrons. The minimum atomic E-state index is 0.811. The summed E-state index contributed by atoms with van der Waals surface area (Å²) in [7, 11) is 0. The number of hydrogen-bond donors (Lipinski definition) is 0. The van der Waals surface area contributed by atoms with Crippen LogP contribution in [-0.2, 0) is 0 Å². The summed E-state index contributed by atoms with van der Waals surface area (Å²) < 4.78 is 7.74. The Labute approximate surface area is 98.9 Å². The van der Waals surface area contributed by atoms with Gasteiger partial charge in [0.25, 0.3) is 0 Å². The predicted octanol–water partition coefficient (Wildman–Crippen LogP) is 2.98. The number of hydrogen-bond acceptors (Lipinski definition) is 0. The van der Waals surface area contributed by atoms with Crippen molar-refractivity contribution in [3.63, 3.8) is 0 Å². The summed E-state index contributed by atoms with van der Waals surface area (Å²) in [4.78, 5) is 0. The van der Waals surface area contributed by atoms with E-state index in [1.54, 1.807) is 0 Å². The third-order valence-corrected chi connectivity index (χ3v) is 10.4. The molecule has 0 atom stereocenters. The summed E-state index contributed by atoms with van der Waals surface area (Å²) in [6, 6.07) is 0. The van der Waals surface area contributed by atoms with Gasteiger partial charge in [0.2, 0.25) is 0 Å². The van der Waals surface area contributed by atoms with Crippen LogP contribution >= 0.6 is 0 Å². The van der Waals surface area contributed by atoms with Gasteiger partial charge in [-0.15, -0.1) is 0 Å². The van der Waals surface area contributed by atoms with E-state index in [1.807, 2.05) is 17.9 Å². The second kappa shape index (κ2) is 4.18. The Kier molecular flexibility index (Phi) is 2.90. The summed E-state index contributed by atoms with van der Waals surface area (Å²) >= 11 is 1.62. The first-order chi connectivity index (χ1) is 6.93. The molecule has 3 rings (SSSR count). The van der Waals surface area contributed by atoms with Crippen LogP contribution in [0.15, 0.2) is 17.9 Å². The van der Waals surface area contributed by atoms with Crippen molar-refractivity contribution < 1.29 is 0 Å². The van der Waals surface area contributed by atoms with Crippen LogP contribution < -0.4 is 0 Å². The van der Waals surface area contributed by atoms with Gasteiger partial charge in [-0.3, -0.25) is 0 Å². The Morgan fingerprint density at radius 3 is 1.07 bits per heavy atom. The normalized spacial score (nSPS) is 27.4.